The molecule has 0 fully saturated rings. The number of carboxylic acids is 1. The molecule has 0 aliphatic heterocycles. The fourth-order valence-corrected chi connectivity index (χ4v) is 7.29. The zero-order chi connectivity index (χ0) is 25.3. The molecule has 0 saturated carbocycles. The fraction of sp³-hybridized carbons (Fsp3) is 0.296. The zero-order valence-corrected chi connectivity index (χ0v) is 21.9. The Kier molecular flexibility index (Phi) is 7.05. The molecule has 0 amide bonds. The van der Waals surface area contributed by atoms with Crippen molar-refractivity contribution in [1.82, 2.24) is 3.97 Å². The highest BCUT2D eigenvalue weighted by atomic mass is 32.2. The second kappa shape index (κ2) is 9.87. The lowest BCUT2D eigenvalue weighted by Gasteiger charge is -2.10. The van der Waals surface area contributed by atoms with Crippen LogP contribution in [0.25, 0.3) is 22.0 Å². The number of carboxylic acid groups (broad SMARTS) is 1. The van der Waals surface area contributed by atoms with Crippen LogP contribution in [0.3, 0.4) is 0 Å². The minimum atomic E-state index is -3.95. The minimum absolute atomic E-state index is 0.0937. The van der Waals surface area contributed by atoms with Crippen LogP contribution < -0.4 is 4.74 Å². The highest BCUT2D eigenvalue weighted by Gasteiger charge is 2.27. The minimum Gasteiger partial charge on any atom is -0.494 e. The van der Waals surface area contributed by atoms with Crippen molar-refractivity contribution in [2.75, 3.05) is 6.61 Å². The van der Waals surface area contributed by atoms with E-state index < -0.39 is 16.0 Å². The van der Waals surface area contributed by atoms with Gasteiger partial charge in [-0.05, 0) is 67.1 Å². The molecule has 2 aromatic carbocycles. The predicted molar refractivity (Wildman–Crippen MR) is 140 cm³/mol. The summed E-state index contributed by atoms with van der Waals surface area (Å²) in [4.78, 5) is 12.1. The van der Waals surface area contributed by atoms with E-state index in [9.17, 15) is 18.3 Å². The summed E-state index contributed by atoms with van der Waals surface area (Å²) in [6, 6.07) is 15.2. The molecule has 6 nitrogen and oxygen atoms in total. The van der Waals surface area contributed by atoms with E-state index >= 15 is 0 Å². The Morgan fingerprint density at radius 1 is 1.11 bits per heavy atom. The number of aromatic nitrogens is 1. The Hall–Kier alpha value is -3.10. The smallest absolute Gasteiger partial charge is 0.303 e. The fourth-order valence-electron chi connectivity index (χ4n) is 4.16. The summed E-state index contributed by atoms with van der Waals surface area (Å²) in [5, 5.41) is 9.88. The third-order valence-corrected chi connectivity index (χ3v) is 9.18. The van der Waals surface area contributed by atoms with Crippen LogP contribution in [0.15, 0.2) is 58.9 Å². The molecule has 0 bridgehead atoms. The summed E-state index contributed by atoms with van der Waals surface area (Å²) < 4.78 is 35.2. The van der Waals surface area contributed by atoms with Crippen molar-refractivity contribution < 1.29 is 23.1 Å². The molecule has 0 unspecified atom stereocenters. The second-order valence-corrected chi connectivity index (χ2v) is 12.1. The number of benzene rings is 2. The Bertz CT molecular complexity index is 1480. The third-order valence-electron chi connectivity index (χ3n) is 5.95. The number of aryl methyl sites for hydroxylation is 2. The molecule has 0 radical (unpaired) electrons. The number of hydrogen-bond donors (Lipinski definition) is 1. The van der Waals surface area contributed by atoms with Gasteiger partial charge in [0.25, 0.3) is 10.0 Å². The van der Waals surface area contributed by atoms with Crippen molar-refractivity contribution in [2.45, 2.75) is 50.7 Å². The molecule has 35 heavy (non-hydrogen) atoms. The molecule has 4 aromatic rings. The number of aliphatic carboxylic acids is 1. The first-order valence-corrected chi connectivity index (χ1v) is 13.8. The summed E-state index contributed by atoms with van der Waals surface area (Å²) in [5.41, 5.74) is 3.86. The van der Waals surface area contributed by atoms with Gasteiger partial charge in [-0.15, -0.1) is 11.3 Å². The van der Waals surface area contributed by atoms with Gasteiger partial charge in [-0.3, -0.25) is 4.79 Å². The lowest BCUT2D eigenvalue weighted by Crippen LogP contribution is -2.11. The Morgan fingerprint density at radius 3 is 2.46 bits per heavy atom. The van der Waals surface area contributed by atoms with E-state index in [1.807, 2.05) is 44.2 Å². The normalized spacial score (nSPS) is 11.9. The molecule has 2 aromatic heterocycles. The van der Waals surface area contributed by atoms with Gasteiger partial charge in [-0.2, -0.15) is 8.42 Å². The van der Waals surface area contributed by atoms with Gasteiger partial charge in [0.15, 0.2) is 0 Å². The van der Waals surface area contributed by atoms with Crippen molar-refractivity contribution in [3.8, 4) is 16.9 Å². The van der Waals surface area contributed by atoms with E-state index in [0.717, 1.165) is 10.4 Å². The number of hydrogen-bond acceptors (Lipinski definition) is 5. The van der Waals surface area contributed by atoms with Crippen LogP contribution in [-0.4, -0.2) is 30.1 Å². The average molecular weight is 512 g/mol. The Morgan fingerprint density at radius 2 is 1.83 bits per heavy atom. The molecular weight excluding hydrogens is 482 g/mol. The average Bonchev–Trinajstić information content (AvgIpc) is 3.39. The first kappa shape index (κ1) is 25.0. The van der Waals surface area contributed by atoms with Gasteiger partial charge in [-0.25, -0.2) is 3.97 Å². The highest BCUT2D eigenvalue weighted by Crippen LogP contribution is 2.38. The molecule has 0 saturated heterocycles. The summed E-state index contributed by atoms with van der Waals surface area (Å²) in [6.07, 6.45) is 1.68. The van der Waals surface area contributed by atoms with E-state index in [2.05, 4.69) is 13.8 Å². The van der Waals surface area contributed by atoms with Crippen LogP contribution in [-0.2, 0) is 21.2 Å². The van der Waals surface area contributed by atoms with Gasteiger partial charge in [0, 0.05) is 28.4 Å². The van der Waals surface area contributed by atoms with Crippen LogP contribution in [0.4, 0.5) is 0 Å². The van der Waals surface area contributed by atoms with E-state index in [4.69, 9.17) is 4.74 Å². The van der Waals surface area contributed by atoms with Gasteiger partial charge >= 0.3 is 5.97 Å². The number of thiophene rings is 1. The largest absolute Gasteiger partial charge is 0.494 e. The van der Waals surface area contributed by atoms with E-state index in [1.54, 1.807) is 24.4 Å². The summed E-state index contributed by atoms with van der Waals surface area (Å²) in [5.74, 6) is 0.0638. The Balaban J connectivity index is 1.86. The van der Waals surface area contributed by atoms with Crippen molar-refractivity contribution in [2.24, 2.45) is 0 Å². The van der Waals surface area contributed by atoms with Gasteiger partial charge in [-0.1, -0.05) is 38.1 Å². The van der Waals surface area contributed by atoms with Crippen LogP contribution in [0.5, 0.6) is 5.75 Å². The van der Waals surface area contributed by atoms with Crippen molar-refractivity contribution >= 4 is 38.2 Å². The number of carbonyl (C=O) groups is 1. The molecule has 2 heterocycles. The number of rotatable bonds is 9. The molecule has 8 heteroatoms. The van der Waals surface area contributed by atoms with Crippen LogP contribution in [0.2, 0.25) is 0 Å². The van der Waals surface area contributed by atoms with Crippen LogP contribution >= 0.6 is 11.3 Å². The lowest BCUT2D eigenvalue weighted by atomic mass is 10.00. The van der Waals surface area contributed by atoms with Gasteiger partial charge in [0.2, 0.25) is 0 Å². The Labute approximate surface area is 209 Å². The van der Waals surface area contributed by atoms with Crippen LogP contribution in [0.1, 0.15) is 49.1 Å². The van der Waals surface area contributed by atoms with E-state index in [-0.39, 0.29) is 17.1 Å². The second-order valence-electron chi connectivity index (χ2n) is 8.80. The van der Waals surface area contributed by atoms with Crippen LogP contribution in [0, 0.1) is 6.92 Å². The van der Waals surface area contributed by atoms with Crippen molar-refractivity contribution in [3.63, 3.8) is 0 Å². The van der Waals surface area contributed by atoms with E-state index in [0.29, 0.717) is 40.3 Å². The zero-order valence-electron chi connectivity index (χ0n) is 20.2. The quantitative estimate of drug-likeness (QED) is 0.279. The SMILES string of the molecule is CCOc1ccc2c(c1)c(CCC(=O)O)cn2S(=O)(=O)c1sc(C)cc1-c1ccc(C(C)C)cc1. The number of fused-ring (bicyclic) bond motifs is 1. The predicted octanol–water partition coefficient (Wildman–Crippen LogP) is 6.45. The van der Waals surface area contributed by atoms with Gasteiger partial charge in [0.1, 0.15) is 9.96 Å². The molecular formula is C27H29NO5S2. The lowest BCUT2D eigenvalue weighted by molar-refractivity contribution is -0.136. The maximum atomic E-state index is 14.0. The summed E-state index contributed by atoms with van der Waals surface area (Å²) in [7, 11) is -3.95. The monoisotopic (exact) mass is 511 g/mol. The summed E-state index contributed by atoms with van der Waals surface area (Å²) in [6.45, 7) is 8.49. The molecule has 0 aliphatic carbocycles. The number of nitrogens with zero attached hydrogens (tertiary/aromatic N) is 1. The third kappa shape index (κ3) is 4.99. The highest BCUT2D eigenvalue weighted by molar-refractivity contribution is 7.92. The first-order valence-electron chi connectivity index (χ1n) is 11.6. The molecule has 0 aliphatic rings. The molecule has 1 N–H and O–H groups in total. The topological polar surface area (TPSA) is 85.6 Å². The molecule has 4 rings (SSSR count). The standard InChI is InChI=1S/C27H29NO5S2/c1-5-33-22-11-12-25-23(15-22)21(10-13-26(29)30)16-28(25)35(31,32)27-24(14-18(4)34-27)20-8-6-19(7-9-20)17(2)3/h6-9,11-12,14-17H,5,10,13H2,1-4H3,(H,29,30). The maximum Gasteiger partial charge on any atom is 0.303 e. The van der Waals surface area contributed by atoms with Crippen molar-refractivity contribution in [1.29, 1.82) is 0 Å². The van der Waals surface area contributed by atoms with Gasteiger partial charge < -0.3 is 9.84 Å². The van der Waals surface area contributed by atoms with E-state index in [1.165, 1.54) is 20.9 Å². The molecule has 0 spiro atoms. The summed E-state index contributed by atoms with van der Waals surface area (Å²) >= 11 is 1.24. The molecule has 184 valence electrons. The van der Waals surface area contributed by atoms with Crippen molar-refractivity contribution in [3.05, 3.63) is 70.7 Å². The van der Waals surface area contributed by atoms with Gasteiger partial charge in [0.05, 0.1) is 12.1 Å². The first-order chi connectivity index (χ1) is 16.6. The maximum absolute atomic E-state index is 14.0. The molecule has 0 atom stereocenters. The number of ether oxygens (including phenoxy) is 1.